The lowest BCUT2D eigenvalue weighted by Gasteiger charge is -2.35. The largest absolute Gasteiger partial charge is 0.386 e. The highest BCUT2D eigenvalue weighted by molar-refractivity contribution is 4.89. The van der Waals surface area contributed by atoms with E-state index in [4.69, 9.17) is 9.47 Å². The molecular formula is C8H15NO3. The van der Waals surface area contributed by atoms with Crippen molar-refractivity contribution in [2.24, 2.45) is 0 Å². The van der Waals surface area contributed by atoms with Crippen LogP contribution in [0.5, 0.6) is 0 Å². The lowest BCUT2D eigenvalue weighted by atomic mass is 10.0. The van der Waals surface area contributed by atoms with E-state index in [9.17, 15) is 5.11 Å². The van der Waals surface area contributed by atoms with Crippen LogP contribution in [0.2, 0.25) is 0 Å². The van der Waals surface area contributed by atoms with Gasteiger partial charge in [0, 0.05) is 6.04 Å². The molecule has 2 aliphatic heterocycles. The first-order valence-electron chi connectivity index (χ1n) is 4.30. The van der Waals surface area contributed by atoms with Gasteiger partial charge in [-0.2, -0.15) is 0 Å². The van der Waals surface area contributed by atoms with Crippen molar-refractivity contribution < 1.29 is 14.6 Å². The van der Waals surface area contributed by atoms with E-state index in [1.807, 2.05) is 19.0 Å². The van der Waals surface area contributed by atoms with Crippen LogP contribution < -0.4 is 0 Å². The van der Waals surface area contributed by atoms with Gasteiger partial charge in [0.2, 0.25) is 0 Å². The van der Waals surface area contributed by atoms with Crippen LogP contribution >= 0.6 is 0 Å². The van der Waals surface area contributed by atoms with E-state index < -0.39 is 12.4 Å². The number of ether oxygens (including phenoxy) is 2. The molecule has 12 heavy (non-hydrogen) atoms. The zero-order valence-electron chi connectivity index (χ0n) is 7.43. The van der Waals surface area contributed by atoms with Gasteiger partial charge in [-0.1, -0.05) is 0 Å². The topological polar surface area (TPSA) is 41.9 Å². The summed E-state index contributed by atoms with van der Waals surface area (Å²) in [6, 6.07) is 0.177. The van der Waals surface area contributed by atoms with Crippen molar-refractivity contribution in [1.29, 1.82) is 0 Å². The lowest BCUT2D eigenvalue weighted by Crippen LogP contribution is -2.50. The quantitative estimate of drug-likeness (QED) is 0.576. The van der Waals surface area contributed by atoms with E-state index in [0.717, 1.165) is 6.42 Å². The van der Waals surface area contributed by atoms with E-state index in [-0.39, 0.29) is 12.1 Å². The predicted octanol–water partition coefficient (Wildman–Crippen LogP) is -0.577. The number of rotatable bonds is 1. The van der Waals surface area contributed by atoms with E-state index >= 15 is 0 Å². The van der Waals surface area contributed by atoms with Crippen LogP contribution in [0.1, 0.15) is 6.42 Å². The minimum Gasteiger partial charge on any atom is -0.386 e. The Balaban J connectivity index is 2.07. The van der Waals surface area contributed by atoms with Crippen LogP contribution in [-0.4, -0.2) is 55.2 Å². The Kier molecular flexibility index (Phi) is 2.08. The van der Waals surface area contributed by atoms with Crippen molar-refractivity contribution in [1.82, 2.24) is 4.90 Å². The lowest BCUT2D eigenvalue weighted by molar-refractivity contribution is -0.176. The highest BCUT2D eigenvalue weighted by Gasteiger charge is 2.43. The molecular weight excluding hydrogens is 158 g/mol. The highest BCUT2D eigenvalue weighted by Crippen LogP contribution is 2.29. The van der Waals surface area contributed by atoms with Gasteiger partial charge in [0.15, 0.2) is 6.29 Å². The molecule has 0 radical (unpaired) electrons. The first kappa shape index (κ1) is 8.44. The number of aliphatic hydroxyl groups excluding tert-OH is 1. The summed E-state index contributed by atoms with van der Waals surface area (Å²) >= 11 is 0. The van der Waals surface area contributed by atoms with E-state index in [1.54, 1.807) is 0 Å². The Bertz CT molecular complexity index is 174. The van der Waals surface area contributed by atoms with E-state index in [1.165, 1.54) is 0 Å². The maximum absolute atomic E-state index is 9.73. The van der Waals surface area contributed by atoms with Crippen LogP contribution in [0.15, 0.2) is 0 Å². The Morgan fingerprint density at radius 3 is 2.83 bits per heavy atom. The summed E-state index contributed by atoms with van der Waals surface area (Å²) in [6.07, 6.45) is 0.158. The monoisotopic (exact) mass is 173 g/mol. The summed E-state index contributed by atoms with van der Waals surface area (Å²) < 4.78 is 10.7. The Hall–Kier alpha value is -0.160. The van der Waals surface area contributed by atoms with Gasteiger partial charge >= 0.3 is 0 Å². The van der Waals surface area contributed by atoms with Gasteiger partial charge in [0.05, 0.1) is 12.7 Å². The highest BCUT2D eigenvalue weighted by atomic mass is 16.7. The minimum atomic E-state index is -0.501. The number of nitrogens with zero attached hydrogens (tertiary/aromatic N) is 1. The van der Waals surface area contributed by atoms with E-state index in [2.05, 4.69) is 0 Å². The molecule has 0 amide bonds. The standard InChI is InChI=1S/C8H15NO3/c1-9(2)6-3-5-4-11-8(12-5)7(6)10/h5-8,10H,3-4H2,1-2H3/t5-,6-,7-,8+/m0/s1. The molecule has 2 saturated heterocycles. The third kappa shape index (κ3) is 1.25. The molecule has 2 bridgehead atoms. The second-order valence-electron chi connectivity index (χ2n) is 3.72. The van der Waals surface area contributed by atoms with Crippen LogP contribution in [0.3, 0.4) is 0 Å². The van der Waals surface area contributed by atoms with Crippen molar-refractivity contribution in [3.8, 4) is 0 Å². The maximum atomic E-state index is 9.73. The SMILES string of the molecule is CN(C)[C@H]1C[C@H]2CO[C@H](O2)[C@H]1O. The number of hydrogen-bond donors (Lipinski definition) is 1. The summed E-state index contributed by atoms with van der Waals surface area (Å²) in [4.78, 5) is 2.03. The molecule has 0 aromatic heterocycles. The second kappa shape index (κ2) is 2.96. The molecule has 0 aromatic rings. The molecule has 4 atom stereocenters. The molecule has 4 heteroatoms. The Morgan fingerprint density at radius 1 is 1.42 bits per heavy atom. The molecule has 1 N–H and O–H groups in total. The molecule has 0 aromatic carbocycles. The fourth-order valence-corrected chi connectivity index (χ4v) is 1.88. The minimum absolute atomic E-state index is 0.177. The van der Waals surface area contributed by atoms with Crippen LogP contribution in [0, 0.1) is 0 Å². The second-order valence-corrected chi connectivity index (χ2v) is 3.72. The predicted molar refractivity (Wildman–Crippen MR) is 42.7 cm³/mol. The normalized spacial score (nSPS) is 47.0. The third-order valence-electron chi connectivity index (χ3n) is 2.61. The van der Waals surface area contributed by atoms with Gasteiger partial charge in [0.25, 0.3) is 0 Å². The smallest absolute Gasteiger partial charge is 0.185 e. The molecule has 2 rings (SSSR count). The molecule has 2 aliphatic rings. The number of aliphatic hydroxyl groups is 1. The fraction of sp³-hybridized carbons (Fsp3) is 1.00. The molecule has 0 saturated carbocycles. The van der Waals surface area contributed by atoms with Crippen molar-refractivity contribution >= 4 is 0 Å². The molecule has 0 aliphatic carbocycles. The van der Waals surface area contributed by atoms with Crippen LogP contribution in [0.4, 0.5) is 0 Å². The van der Waals surface area contributed by atoms with Crippen molar-refractivity contribution in [3.63, 3.8) is 0 Å². The molecule has 70 valence electrons. The van der Waals surface area contributed by atoms with E-state index in [0.29, 0.717) is 6.61 Å². The van der Waals surface area contributed by atoms with Crippen molar-refractivity contribution in [2.45, 2.75) is 31.0 Å². The van der Waals surface area contributed by atoms with Crippen molar-refractivity contribution in [2.75, 3.05) is 20.7 Å². The Labute approximate surface area is 72.1 Å². The fourth-order valence-electron chi connectivity index (χ4n) is 1.88. The van der Waals surface area contributed by atoms with Crippen molar-refractivity contribution in [3.05, 3.63) is 0 Å². The van der Waals surface area contributed by atoms with Gasteiger partial charge in [-0.3, -0.25) is 0 Å². The van der Waals surface area contributed by atoms with Crippen LogP contribution in [-0.2, 0) is 9.47 Å². The average Bonchev–Trinajstić information content (AvgIpc) is 2.41. The number of likely N-dealkylation sites (N-methyl/N-ethyl adjacent to an activating group) is 1. The summed E-state index contributed by atoms with van der Waals surface area (Å²) in [6.45, 7) is 0.631. The van der Waals surface area contributed by atoms with Gasteiger partial charge in [-0.05, 0) is 20.5 Å². The molecule has 2 heterocycles. The van der Waals surface area contributed by atoms with Crippen LogP contribution in [0.25, 0.3) is 0 Å². The number of fused-ring (bicyclic) bond motifs is 2. The molecule has 0 unspecified atom stereocenters. The van der Waals surface area contributed by atoms with Gasteiger partial charge in [-0.25, -0.2) is 0 Å². The molecule has 4 nitrogen and oxygen atoms in total. The maximum Gasteiger partial charge on any atom is 0.185 e. The summed E-state index contributed by atoms with van der Waals surface area (Å²) in [5.41, 5.74) is 0. The molecule has 0 spiro atoms. The zero-order valence-corrected chi connectivity index (χ0v) is 7.43. The van der Waals surface area contributed by atoms with Gasteiger partial charge in [0.1, 0.15) is 6.10 Å². The first-order chi connectivity index (χ1) is 5.68. The molecule has 2 fully saturated rings. The number of hydrogen-bond acceptors (Lipinski definition) is 4. The van der Waals surface area contributed by atoms with Gasteiger partial charge < -0.3 is 19.5 Å². The van der Waals surface area contributed by atoms with Gasteiger partial charge in [-0.15, -0.1) is 0 Å². The average molecular weight is 173 g/mol. The summed E-state index contributed by atoms with van der Waals surface area (Å²) in [7, 11) is 3.94. The first-order valence-corrected chi connectivity index (χ1v) is 4.30. The third-order valence-corrected chi connectivity index (χ3v) is 2.61. The summed E-state index contributed by atoms with van der Waals surface area (Å²) in [5, 5.41) is 9.73. The zero-order chi connectivity index (χ0) is 8.72. The Morgan fingerprint density at radius 2 is 2.17 bits per heavy atom. The summed E-state index contributed by atoms with van der Waals surface area (Å²) in [5.74, 6) is 0.